The van der Waals surface area contributed by atoms with E-state index in [2.05, 4.69) is 25.3 Å². The van der Waals surface area contributed by atoms with Gasteiger partial charge in [0.1, 0.15) is 5.82 Å². The smallest absolute Gasteiger partial charge is 0.422 e. The molecule has 0 radical (unpaired) electrons. The zero-order valence-corrected chi connectivity index (χ0v) is 15.5. The number of hydrogen-bond acceptors (Lipinski definition) is 5. The van der Waals surface area contributed by atoms with Crippen LogP contribution in [0.4, 0.5) is 19.0 Å². The van der Waals surface area contributed by atoms with Crippen molar-refractivity contribution in [3.8, 4) is 5.88 Å². The number of amides is 2. The first-order valence-corrected chi connectivity index (χ1v) is 8.92. The highest BCUT2D eigenvalue weighted by Crippen LogP contribution is 2.30. The van der Waals surface area contributed by atoms with Crippen LogP contribution in [0.2, 0.25) is 0 Å². The second-order valence-electron chi connectivity index (χ2n) is 6.74. The molecule has 3 rings (SSSR count). The van der Waals surface area contributed by atoms with Crippen molar-refractivity contribution in [3.05, 3.63) is 47.3 Å². The van der Waals surface area contributed by atoms with Gasteiger partial charge in [0.15, 0.2) is 6.61 Å². The Morgan fingerprint density at radius 3 is 2.62 bits per heavy atom. The molecule has 0 spiro atoms. The average Bonchev–Trinajstić information content (AvgIpc) is 3.49. The average molecular weight is 408 g/mol. The van der Waals surface area contributed by atoms with Gasteiger partial charge in [-0.15, -0.1) is 0 Å². The molecule has 0 aromatic carbocycles. The highest BCUT2D eigenvalue weighted by Gasteiger charge is 2.30. The Labute approximate surface area is 164 Å². The largest absolute Gasteiger partial charge is 0.468 e. The Morgan fingerprint density at radius 2 is 2.00 bits per heavy atom. The summed E-state index contributed by atoms with van der Waals surface area (Å²) in [5.41, 5.74) is 1.50. The number of carbonyl (C=O) groups is 2. The van der Waals surface area contributed by atoms with E-state index >= 15 is 0 Å². The maximum Gasteiger partial charge on any atom is 0.422 e. The van der Waals surface area contributed by atoms with Crippen LogP contribution in [0, 0.1) is 12.8 Å². The molecule has 1 saturated carbocycles. The normalized spacial score (nSPS) is 13.7. The Hall–Kier alpha value is -3.17. The summed E-state index contributed by atoms with van der Waals surface area (Å²) in [6.45, 7) is 0.417. The van der Waals surface area contributed by atoms with Crippen LogP contribution in [0.3, 0.4) is 0 Å². The predicted molar refractivity (Wildman–Crippen MR) is 97.3 cm³/mol. The molecule has 1 aliphatic rings. The van der Waals surface area contributed by atoms with Gasteiger partial charge in [-0.25, -0.2) is 9.97 Å². The topological polar surface area (TPSA) is 93.2 Å². The lowest BCUT2D eigenvalue weighted by Gasteiger charge is -2.10. The molecule has 2 amide bonds. The molecule has 10 heteroatoms. The fraction of sp³-hybridized carbons (Fsp3) is 0.368. The first-order valence-electron chi connectivity index (χ1n) is 8.92. The van der Waals surface area contributed by atoms with E-state index in [0.29, 0.717) is 22.6 Å². The lowest BCUT2D eigenvalue weighted by molar-refractivity contribution is -0.154. The standard InChI is InChI=1S/C19H19F3N4O3/c1-11-6-14(7-15(25-11)26-18(28)13-3-4-13)17(27)24-9-12-2-5-16(23-8-12)29-10-19(20,21)22/h2,5-8,13H,3-4,9-10H2,1H3,(H,24,27)(H,25,26,28). The zero-order chi connectivity index (χ0) is 21.0. The third kappa shape index (κ3) is 6.44. The van der Waals surface area contributed by atoms with Crippen LogP contribution >= 0.6 is 0 Å². The van der Waals surface area contributed by atoms with Crippen molar-refractivity contribution in [3.63, 3.8) is 0 Å². The molecular formula is C19H19F3N4O3. The Balaban J connectivity index is 1.56. The molecule has 2 aromatic heterocycles. The van der Waals surface area contributed by atoms with Gasteiger partial charge < -0.3 is 15.4 Å². The number of pyridine rings is 2. The number of alkyl halides is 3. The van der Waals surface area contributed by atoms with Crippen molar-refractivity contribution in [2.45, 2.75) is 32.5 Å². The van der Waals surface area contributed by atoms with Crippen LogP contribution in [0.5, 0.6) is 5.88 Å². The molecule has 1 fully saturated rings. The van der Waals surface area contributed by atoms with Crippen LogP contribution in [0.25, 0.3) is 0 Å². The molecular weight excluding hydrogens is 389 g/mol. The lowest BCUT2D eigenvalue weighted by Crippen LogP contribution is -2.24. The fourth-order valence-corrected chi connectivity index (χ4v) is 2.48. The van der Waals surface area contributed by atoms with Crippen molar-refractivity contribution in [1.82, 2.24) is 15.3 Å². The van der Waals surface area contributed by atoms with Crippen LogP contribution < -0.4 is 15.4 Å². The summed E-state index contributed by atoms with van der Waals surface area (Å²) in [5.74, 6) is -0.300. The Kier molecular flexibility index (Phi) is 6.00. The molecule has 0 bridgehead atoms. The Morgan fingerprint density at radius 1 is 1.24 bits per heavy atom. The summed E-state index contributed by atoms with van der Waals surface area (Å²) in [7, 11) is 0. The molecule has 0 unspecified atom stereocenters. The molecule has 7 nitrogen and oxygen atoms in total. The van der Waals surface area contributed by atoms with E-state index < -0.39 is 12.8 Å². The third-order valence-electron chi connectivity index (χ3n) is 4.05. The van der Waals surface area contributed by atoms with Gasteiger partial charge in [0.25, 0.3) is 5.91 Å². The van der Waals surface area contributed by atoms with Crippen LogP contribution in [-0.4, -0.2) is 34.6 Å². The van der Waals surface area contributed by atoms with Gasteiger partial charge in [-0.05, 0) is 37.5 Å². The summed E-state index contributed by atoms with van der Waals surface area (Å²) < 4.78 is 40.9. The number of aromatic nitrogens is 2. The van der Waals surface area contributed by atoms with Gasteiger partial charge in [0, 0.05) is 36.0 Å². The van der Waals surface area contributed by atoms with Gasteiger partial charge in [-0.2, -0.15) is 13.2 Å². The molecule has 2 aromatic rings. The van der Waals surface area contributed by atoms with Crippen molar-refractivity contribution in [2.24, 2.45) is 5.92 Å². The fourth-order valence-electron chi connectivity index (χ4n) is 2.48. The summed E-state index contributed by atoms with van der Waals surface area (Å²) in [6, 6.07) is 5.90. The molecule has 0 aliphatic heterocycles. The van der Waals surface area contributed by atoms with Gasteiger partial charge in [0.05, 0.1) is 0 Å². The van der Waals surface area contributed by atoms with Crippen LogP contribution in [0.1, 0.15) is 34.5 Å². The van der Waals surface area contributed by atoms with Crippen LogP contribution in [-0.2, 0) is 11.3 Å². The number of halogens is 3. The lowest BCUT2D eigenvalue weighted by atomic mass is 10.2. The van der Waals surface area contributed by atoms with E-state index in [1.165, 1.54) is 24.4 Å². The first-order chi connectivity index (χ1) is 13.7. The summed E-state index contributed by atoms with van der Waals surface area (Å²) in [4.78, 5) is 32.3. The van der Waals surface area contributed by atoms with Crippen molar-refractivity contribution in [2.75, 3.05) is 11.9 Å². The molecule has 0 saturated heterocycles. The van der Waals surface area contributed by atoms with E-state index in [-0.39, 0.29) is 30.2 Å². The van der Waals surface area contributed by atoms with E-state index in [0.717, 1.165) is 12.8 Å². The number of nitrogens with zero attached hydrogens (tertiary/aromatic N) is 2. The highest BCUT2D eigenvalue weighted by atomic mass is 19.4. The van der Waals surface area contributed by atoms with Crippen molar-refractivity contribution >= 4 is 17.6 Å². The number of carbonyl (C=O) groups excluding carboxylic acids is 2. The Bertz CT molecular complexity index is 897. The quantitative estimate of drug-likeness (QED) is 0.735. The van der Waals surface area contributed by atoms with Gasteiger partial charge >= 0.3 is 6.18 Å². The van der Waals surface area contributed by atoms with E-state index in [9.17, 15) is 22.8 Å². The van der Waals surface area contributed by atoms with Crippen molar-refractivity contribution in [1.29, 1.82) is 0 Å². The number of hydrogen-bond donors (Lipinski definition) is 2. The molecule has 2 heterocycles. The number of anilines is 1. The van der Waals surface area contributed by atoms with E-state index in [1.54, 1.807) is 13.0 Å². The minimum absolute atomic E-state index is 0.0187. The molecule has 2 N–H and O–H groups in total. The summed E-state index contributed by atoms with van der Waals surface area (Å²) >= 11 is 0. The number of rotatable bonds is 7. The molecule has 154 valence electrons. The summed E-state index contributed by atoms with van der Waals surface area (Å²) in [6.07, 6.45) is -1.39. The first kappa shape index (κ1) is 20.6. The molecule has 29 heavy (non-hydrogen) atoms. The maximum absolute atomic E-state index is 12.4. The number of nitrogens with one attached hydrogen (secondary N) is 2. The predicted octanol–water partition coefficient (Wildman–Crippen LogP) is 3.00. The zero-order valence-electron chi connectivity index (χ0n) is 15.5. The van der Waals surface area contributed by atoms with Gasteiger partial charge in [-0.3, -0.25) is 9.59 Å². The number of aryl methyl sites for hydroxylation is 1. The monoisotopic (exact) mass is 408 g/mol. The highest BCUT2D eigenvalue weighted by molar-refractivity contribution is 5.97. The van der Waals surface area contributed by atoms with Gasteiger partial charge in [-0.1, -0.05) is 6.07 Å². The third-order valence-corrected chi connectivity index (χ3v) is 4.05. The number of ether oxygens (including phenoxy) is 1. The SMILES string of the molecule is Cc1cc(C(=O)NCc2ccc(OCC(F)(F)F)nc2)cc(NC(=O)C2CC2)n1. The van der Waals surface area contributed by atoms with E-state index in [1.807, 2.05) is 0 Å². The summed E-state index contributed by atoms with van der Waals surface area (Å²) in [5, 5.41) is 5.40. The second-order valence-corrected chi connectivity index (χ2v) is 6.74. The van der Waals surface area contributed by atoms with Crippen molar-refractivity contribution < 1.29 is 27.5 Å². The minimum atomic E-state index is -4.44. The van der Waals surface area contributed by atoms with Gasteiger partial charge in [0.2, 0.25) is 11.8 Å². The molecule has 0 atom stereocenters. The maximum atomic E-state index is 12.4. The van der Waals surface area contributed by atoms with E-state index in [4.69, 9.17) is 0 Å². The van der Waals surface area contributed by atoms with Crippen LogP contribution in [0.15, 0.2) is 30.5 Å². The molecule has 1 aliphatic carbocycles. The minimum Gasteiger partial charge on any atom is -0.468 e. The second kappa shape index (κ2) is 8.46.